The molecule has 0 radical (unpaired) electrons. The fourth-order valence-electron chi connectivity index (χ4n) is 3.53. The molecule has 2 N–H and O–H groups in total. The molecular weight excluding hydrogens is 493 g/mol. The van der Waals surface area contributed by atoms with E-state index in [1.165, 1.54) is 17.6 Å². The van der Waals surface area contributed by atoms with E-state index in [0.717, 1.165) is 15.4 Å². The largest absolute Gasteiger partial charge is 0.465 e. The molecule has 0 aromatic heterocycles. The summed E-state index contributed by atoms with van der Waals surface area (Å²) in [5.74, 6) is -1.34. The summed E-state index contributed by atoms with van der Waals surface area (Å²) in [6.45, 7) is 1.97. The Kier molecular flexibility index (Phi) is 9.65. The molecule has 3 rings (SSSR count). The normalized spacial score (nSPS) is 17.1. The highest BCUT2D eigenvalue weighted by Crippen LogP contribution is 2.26. The van der Waals surface area contributed by atoms with Crippen LogP contribution in [0.25, 0.3) is 11.1 Å². The lowest BCUT2D eigenvalue weighted by Crippen LogP contribution is -2.60. The number of sulfonamides is 1. The van der Waals surface area contributed by atoms with Gasteiger partial charge in [0.15, 0.2) is 0 Å². The monoisotopic (exact) mass is 517 g/mol. The van der Waals surface area contributed by atoms with Crippen molar-refractivity contribution in [2.45, 2.75) is 17.9 Å². The number of piperazine rings is 1. The minimum absolute atomic E-state index is 0. The molecule has 0 bridgehead atoms. The van der Waals surface area contributed by atoms with Crippen LogP contribution in [0.15, 0.2) is 53.4 Å². The summed E-state index contributed by atoms with van der Waals surface area (Å²) in [4.78, 5) is 25.7. The van der Waals surface area contributed by atoms with E-state index < -0.39 is 27.9 Å². The topological polar surface area (TPSA) is 116 Å². The van der Waals surface area contributed by atoms with Crippen molar-refractivity contribution in [1.29, 1.82) is 0 Å². The third-order valence-electron chi connectivity index (χ3n) is 5.12. The number of carbonyl (C=O) groups excluding carboxylic acids is 2. The predicted octanol–water partition coefficient (Wildman–Crippen LogP) is 2.17. The molecule has 0 saturated carbocycles. The van der Waals surface area contributed by atoms with Crippen molar-refractivity contribution in [3.05, 3.63) is 53.6 Å². The van der Waals surface area contributed by atoms with E-state index in [0.29, 0.717) is 5.02 Å². The van der Waals surface area contributed by atoms with E-state index in [1.54, 1.807) is 36.1 Å². The van der Waals surface area contributed by atoms with E-state index in [4.69, 9.17) is 21.5 Å². The Morgan fingerprint density at radius 1 is 1.09 bits per heavy atom. The van der Waals surface area contributed by atoms with E-state index in [2.05, 4.69) is 0 Å². The van der Waals surface area contributed by atoms with Crippen LogP contribution in [-0.2, 0) is 24.3 Å². The van der Waals surface area contributed by atoms with Crippen molar-refractivity contribution >= 4 is 45.9 Å². The second-order valence-corrected chi connectivity index (χ2v) is 9.51. The molecule has 180 valence electrons. The maximum atomic E-state index is 13.3. The van der Waals surface area contributed by atoms with Crippen molar-refractivity contribution in [2.24, 2.45) is 0 Å². The number of benzene rings is 2. The summed E-state index contributed by atoms with van der Waals surface area (Å²) in [7, 11) is -4.04. The molecule has 0 aliphatic carbocycles. The lowest BCUT2D eigenvalue weighted by Gasteiger charge is -2.38. The molecule has 0 unspecified atom stereocenters. The molecule has 33 heavy (non-hydrogen) atoms. The highest BCUT2D eigenvalue weighted by molar-refractivity contribution is 7.89. The first-order chi connectivity index (χ1) is 15.3. The zero-order valence-electron chi connectivity index (χ0n) is 17.8. The minimum atomic E-state index is -4.04. The van der Waals surface area contributed by atoms with Crippen molar-refractivity contribution in [1.82, 2.24) is 14.7 Å². The lowest BCUT2D eigenvalue weighted by atomic mass is 10.1. The van der Waals surface area contributed by atoms with Crippen LogP contribution in [0.2, 0.25) is 5.02 Å². The van der Waals surface area contributed by atoms with Crippen molar-refractivity contribution < 1.29 is 28.0 Å². The van der Waals surface area contributed by atoms with Gasteiger partial charge in [0, 0.05) is 24.7 Å². The zero-order chi connectivity index (χ0) is 23.3. The van der Waals surface area contributed by atoms with Gasteiger partial charge in [0.05, 0.1) is 18.0 Å². The maximum Gasteiger partial charge on any atom is 0.320 e. The van der Waals surface area contributed by atoms with Gasteiger partial charge in [-0.25, -0.2) is 13.9 Å². The standard InChI is InChI=1S/C21H24ClN3O6S.ClH/c1-2-31-20(26)14-24-11-12-25(19(13-24)21(27)23-28)32(29,30)18-9-5-16(6-10-18)15-3-7-17(22)8-4-15;/h3-10,19,28H,2,11-14H2,1H3,(H,23,27);1H/t19-;/m1./s1. The minimum Gasteiger partial charge on any atom is -0.465 e. The first-order valence-electron chi connectivity index (χ1n) is 9.96. The van der Waals surface area contributed by atoms with Crippen LogP contribution in [0.5, 0.6) is 0 Å². The molecule has 1 aliphatic rings. The number of amides is 1. The first kappa shape index (κ1) is 27.0. The fraction of sp³-hybridized carbons (Fsp3) is 0.333. The highest BCUT2D eigenvalue weighted by atomic mass is 35.5. The number of esters is 1. The molecule has 1 amide bonds. The van der Waals surface area contributed by atoms with Crippen LogP contribution in [0.3, 0.4) is 0 Å². The Morgan fingerprint density at radius 2 is 1.67 bits per heavy atom. The Bertz CT molecular complexity index is 1060. The fourth-order valence-corrected chi connectivity index (χ4v) is 5.22. The summed E-state index contributed by atoms with van der Waals surface area (Å²) < 4.78 is 32.5. The summed E-state index contributed by atoms with van der Waals surface area (Å²) >= 11 is 5.91. The summed E-state index contributed by atoms with van der Waals surface area (Å²) in [6.07, 6.45) is 0. The molecule has 2 aromatic carbocycles. The van der Waals surface area contributed by atoms with Gasteiger partial charge in [-0.3, -0.25) is 19.7 Å². The molecular formula is C21H25Cl2N3O6S. The molecule has 1 heterocycles. The second-order valence-electron chi connectivity index (χ2n) is 7.18. The quantitative estimate of drug-likeness (QED) is 0.328. The van der Waals surface area contributed by atoms with Gasteiger partial charge in [-0.2, -0.15) is 4.31 Å². The molecule has 1 atom stereocenters. The molecule has 1 fully saturated rings. The lowest BCUT2D eigenvalue weighted by molar-refractivity contribution is -0.146. The van der Waals surface area contributed by atoms with E-state index in [1.807, 2.05) is 12.1 Å². The SMILES string of the molecule is CCOC(=O)CN1CCN(S(=O)(=O)c2ccc(-c3ccc(Cl)cc3)cc2)[C@@H](C(=O)NO)C1.Cl. The highest BCUT2D eigenvalue weighted by Gasteiger charge is 2.40. The number of rotatable bonds is 7. The second kappa shape index (κ2) is 11.8. The summed E-state index contributed by atoms with van der Waals surface area (Å²) in [5.41, 5.74) is 3.21. The molecule has 9 nitrogen and oxygen atoms in total. The van der Waals surface area contributed by atoms with E-state index in [9.17, 15) is 18.0 Å². The van der Waals surface area contributed by atoms with Crippen molar-refractivity contribution in [3.8, 4) is 11.1 Å². The van der Waals surface area contributed by atoms with E-state index >= 15 is 0 Å². The Labute approximate surface area is 203 Å². The molecule has 1 saturated heterocycles. The maximum absolute atomic E-state index is 13.3. The molecule has 12 heteroatoms. The molecule has 0 spiro atoms. The van der Waals surface area contributed by atoms with Crippen LogP contribution in [0.4, 0.5) is 0 Å². The van der Waals surface area contributed by atoms with Crippen LogP contribution in [0.1, 0.15) is 6.92 Å². The number of carbonyl (C=O) groups is 2. The van der Waals surface area contributed by atoms with Crippen molar-refractivity contribution in [3.63, 3.8) is 0 Å². The third kappa shape index (κ3) is 6.44. The average molecular weight is 518 g/mol. The number of ether oxygens (including phenoxy) is 1. The van der Waals surface area contributed by atoms with Crippen LogP contribution in [0, 0.1) is 0 Å². The molecule has 1 aliphatic heterocycles. The Balaban J connectivity index is 0.00000385. The van der Waals surface area contributed by atoms with Gasteiger partial charge in [-0.05, 0) is 42.3 Å². The van der Waals surface area contributed by atoms with Crippen LogP contribution < -0.4 is 5.48 Å². The zero-order valence-corrected chi connectivity index (χ0v) is 20.2. The summed E-state index contributed by atoms with van der Waals surface area (Å²) in [5, 5.41) is 9.74. The smallest absolute Gasteiger partial charge is 0.320 e. The summed E-state index contributed by atoms with van der Waals surface area (Å²) in [6, 6.07) is 12.2. The van der Waals surface area contributed by atoms with Gasteiger partial charge >= 0.3 is 5.97 Å². The first-order valence-corrected chi connectivity index (χ1v) is 11.8. The van der Waals surface area contributed by atoms with E-state index in [-0.39, 0.29) is 50.1 Å². The number of hydrogen-bond donors (Lipinski definition) is 2. The van der Waals surface area contributed by atoms with Gasteiger partial charge in [0.1, 0.15) is 6.04 Å². The van der Waals surface area contributed by atoms with Gasteiger partial charge in [0.2, 0.25) is 10.0 Å². The number of hydroxylamine groups is 1. The average Bonchev–Trinajstić information content (AvgIpc) is 2.79. The number of hydrogen-bond acceptors (Lipinski definition) is 7. The predicted molar refractivity (Wildman–Crippen MR) is 125 cm³/mol. The van der Waals surface area contributed by atoms with Gasteiger partial charge < -0.3 is 4.74 Å². The number of nitrogens with zero attached hydrogens (tertiary/aromatic N) is 2. The Hall–Kier alpha value is -2.21. The van der Waals surface area contributed by atoms with Gasteiger partial charge in [-0.1, -0.05) is 35.9 Å². The van der Waals surface area contributed by atoms with Gasteiger partial charge in [0.25, 0.3) is 5.91 Å². The van der Waals surface area contributed by atoms with Gasteiger partial charge in [-0.15, -0.1) is 12.4 Å². The third-order valence-corrected chi connectivity index (χ3v) is 7.30. The van der Waals surface area contributed by atoms with Crippen LogP contribution in [-0.4, -0.2) is 73.5 Å². The Morgan fingerprint density at radius 3 is 2.21 bits per heavy atom. The van der Waals surface area contributed by atoms with Crippen molar-refractivity contribution in [2.75, 3.05) is 32.8 Å². The number of halogens is 2. The van der Waals surface area contributed by atoms with Crippen LogP contribution >= 0.6 is 24.0 Å². The number of nitrogens with one attached hydrogen (secondary N) is 1. The molecule has 2 aromatic rings.